The second kappa shape index (κ2) is 14.8. The molecule has 3 rings (SSSR count). The normalized spacial score (nSPS) is 12.5. The van der Waals surface area contributed by atoms with Gasteiger partial charge in [0.05, 0.1) is 6.04 Å². The predicted octanol–water partition coefficient (Wildman–Crippen LogP) is 2.34. The van der Waals surface area contributed by atoms with Gasteiger partial charge in [-0.25, -0.2) is 0 Å². The van der Waals surface area contributed by atoms with E-state index in [2.05, 4.69) is 34.9 Å². The number of hydrogen-bond donors (Lipinski definition) is 6. The minimum atomic E-state index is -0.863. The molecule has 0 radical (unpaired) electrons. The number of amides is 2. The molecule has 0 aromatic heterocycles. The number of phenolic OH excluding ortho intramolecular Hbond substituents is 2. The Labute approximate surface area is 224 Å². The molecule has 2 atom stereocenters. The van der Waals surface area contributed by atoms with Gasteiger partial charge >= 0.3 is 0 Å². The van der Waals surface area contributed by atoms with E-state index in [9.17, 15) is 19.8 Å². The molecule has 3 aromatic rings. The topological polar surface area (TPSA) is 151 Å². The second-order valence-corrected chi connectivity index (χ2v) is 9.51. The van der Waals surface area contributed by atoms with Crippen molar-refractivity contribution in [3.05, 3.63) is 95.1 Å². The number of unbranched alkanes of at least 4 members (excludes halogenated alkanes) is 1. The summed E-state index contributed by atoms with van der Waals surface area (Å²) in [5.41, 5.74) is 15.7. The zero-order valence-corrected chi connectivity index (χ0v) is 21.6. The van der Waals surface area contributed by atoms with Gasteiger partial charge in [0.15, 0.2) is 0 Å². The number of carbonyl (C=O) groups excluding carboxylic acids is 2. The summed E-state index contributed by atoms with van der Waals surface area (Å²) in [7, 11) is 0. The Morgan fingerprint density at radius 2 is 1.18 bits per heavy atom. The van der Waals surface area contributed by atoms with Gasteiger partial charge in [0.1, 0.15) is 17.5 Å². The van der Waals surface area contributed by atoms with E-state index in [0.29, 0.717) is 19.5 Å². The Hall–Kier alpha value is -3.88. The summed E-state index contributed by atoms with van der Waals surface area (Å²) in [4.78, 5) is 26.0. The van der Waals surface area contributed by atoms with Crippen LogP contribution in [0.3, 0.4) is 0 Å². The van der Waals surface area contributed by atoms with E-state index in [1.54, 1.807) is 36.4 Å². The SMILES string of the molecule is NCCCCc1ccc(CCNC(=O)[C@H](Cc2ccc(O)cc2)NC(=O)[C@@H](N)Cc2ccc(O)cc2)cc1. The fraction of sp³-hybridized carbons (Fsp3) is 0.333. The molecule has 0 heterocycles. The molecule has 2 amide bonds. The van der Waals surface area contributed by atoms with Crippen molar-refractivity contribution in [1.29, 1.82) is 0 Å². The van der Waals surface area contributed by atoms with Crippen LogP contribution in [-0.4, -0.2) is 47.2 Å². The van der Waals surface area contributed by atoms with E-state index in [1.165, 1.54) is 17.7 Å². The fourth-order valence-corrected chi connectivity index (χ4v) is 4.13. The smallest absolute Gasteiger partial charge is 0.242 e. The highest BCUT2D eigenvalue weighted by Gasteiger charge is 2.24. The lowest BCUT2D eigenvalue weighted by molar-refractivity contribution is -0.129. The molecule has 0 aliphatic rings. The molecular formula is C30H38N4O4. The van der Waals surface area contributed by atoms with Crippen molar-refractivity contribution < 1.29 is 19.8 Å². The number of aryl methyl sites for hydroxylation is 1. The summed E-state index contributed by atoms with van der Waals surface area (Å²) < 4.78 is 0. The summed E-state index contributed by atoms with van der Waals surface area (Å²) in [6.45, 7) is 1.13. The molecule has 0 aliphatic carbocycles. The van der Waals surface area contributed by atoms with E-state index >= 15 is 0 Å². The first-order valence-electron chi connectivity index (χ1n) is 13.0. The van der Waals surface area contributed by atoms with E-state index in [-0.39, 0.29) is 30.2 Å². The van der Waals surface area contributed by atoms with Crippen molar-refractivity contribution in [3.8, 4) is 11.5 Å². The number of phenols is 2. The lowest BCUT2D eigenvalue weighted by Crippen LogP contribution is -2.53. The third kappa shape index (κ3) is 9.53. The second-order valence-electron chi connectivity index (χ2n) is 9.51. The Balaban J connectivity index is 1.58. The lowest BCUT2D eigenvalue weighted by Gasteiger charge is -2.21. The number of nitrogens with two attached hydrogens (primary N) is 2. The van der Waals surface area contributed by atoms with Gasteiger partial charge in [0.2, 0.25) is 11.8 Å². The van der Waals surface area contributed by atoms with E-state index in [4.69, 9.17) is 11.5 Å². The fourth-order valence-electron chi connectivity index (χ4n) is 4.13. The van der Waals surface area contributed by atoms with Gasteiger partial charge < -0.3 is 32.3 Å². The lowest BCUT2D eigenvalue weighted by atomic mass is 10.0. The highest BCUT2D eigenvalue weighted by atomic mass is 16.3. The standard InChI is InChI=1S/C30H38N4O4/c31-17-2-1-3-21-4-6-22(7-5-21)16-18-33-30(38)28(20-24-10-14-26(36)15-11-24)34-29(37)27(32)19-23-8-12-25(35)13-9-23/h4-15,27-28,35-36H,1-3,16-20,31-32H2,(H,33,38)(H,34,37)/t27-,28-/m0/s1. The average molecular weight is 519 g/mol. The first-order chi connectivity index (χ1) is 18.3. The average Bonchev–Trinajstić information content (AvgIpc) is 2.91. The minimum absolute atomic E-state index is 0.125. The van der Waals surface area contributed by atoms with Crippen LogP contribution >= 0.6 is 0 Å². The van der Waals surface area contributed by atoms with Crippen molar-refractivity contribution in [2.24, 2.45) is 11.5 Å². The van der Waals surface area contributed by atoms with Crippen LogP contribution in [0.4, 0.5) is 0 Å². The number of rotatable bonds is 14. The monoisotopic (exact) mass is 518 g/mol. The van der Waals surface area contributed by atoms with Crippen molar-refractivity contribution in [2.75, 3.05) is 13.1 Å². The first kappa shape index (κ1) is 28.7. The number of hydrogen-bond acceptors (Lipinski definition) is 6. The quantitative estimate of drug-likeness (QED) is 0.180. The Bertz CT molecular complexity index is 1150. The van der Waals surface area contributed by atoms with Crippen molar-refractivity contribution in [3.63, 3.8) is 0 Å². The molecule has 202 valence electrons. The summed E-state index contributed by atoms with van der Waals surface area (Å²) in [5.74, 6) is -0.486. The van der Waals surface area contributed by atoms with Crippen LogP contribution in [0.25, 0.3) is 0 Å². The Morgan fingerprint density at radius 1 is 0.684 bits per heavy atom. The molecule has 0 bridgehead atoms. The van der Waals surface area contributed by atoms with E-state index in [0.717, 1.165) is 36.0 Å². The van der Waals surface area contributed by atoms with Gasteiger partial charge in [-0.2, -0.15) is 0 Å². The number of carbonyl (C=O) groups is 2. The van der Waals surface area contributed by atoms with Gasteiger partial charge in [0.25, 0.3) is 0 Å². The van der Waals surface area contributed by atoms with Gasteiger partial charge in [-0.1, -0.05) is 48.5 Å². The van der Waals surface area contributed by atoms with Crippen molar-refractivity contribution in [1.82, 2.24) is 10.6 Å². The molecule has 0 fully saturated rings. The summed E-state index contributed by atoms with van der Waals surface area (Å²) >= 11 is 0. The largest absolute Gasteiger partial charge is 0.508 e. The van der Waals surface area contributed by atoms with Gasteiger partial charge in [0, 0.05) is 13.0 Å². The Kier molecular flexibility index (Phi) is 11.1. The maximum atomic E-state index is 13.1. The molecule has 0 saturated carbocycles. The molecule has 38 heavy (non-hydrogen) atoms. The zero-order chi connectivity index (χ0) is 27.3. The summed E-state index contributed by atoms with van der Waals surface area (Å²) in [5, 5.41) is 24.8. The molecule has 8 heteroatoms. The number of benzene rings is 3. The Morgan fingerprint density at radius 3 is 1.74 bits per heavy atom. The predicted molar refractivity (Wildman–Crippen MR) is 149 cm³/mol. The molecule has 8 N–H and O–H groups in total. The van der Waals surface area contributed by atoms with Crippen LogP contribution in [0.15, 0.2) is 72.8 Å². The van der Waals surface area contributed by atoms with Crippen molar-refractivity contribution in [2.45, 2.75) is 50.6 Å². The molecular weight excluding hydrogens is 480 g/mol. The van der Waals surface area contributed by atoms with Gasteiger partial charge in [-0.05, 0) is 85.2 Å². The van der Waals surface area contributed by atoms with Crippen molar-refractivity contribution >= 4 is 11.8 Å². The van der Waals surface area contributed by atoms with Crippen LogP contribution in [0.2, 0.25) is 0 Å². The molecule has 0 saturated heterocycles. The van der Waals surface area contributed by atoms with Gasteiger partial charge in [-0.3, -0.25) is 9.59 Å². The van der Waals surface area contributed by atoms with Crippen LogP contribution in [-0.2, 0) is 35.3 Å². The third-order valence-electron chi connectivity index (χ3n) is 6.39. The molecule has 8 nitrogen and oxygen atoms in total. The van der Waals surface area contributed by atoms with E-state index < -0.39 is 18.0 Å². The van der Waals surface area contributed by atoms with E-state index in [1.807, 2.05) is 0 Å². The maximum absolute atomic E-state index is 13.1. The molecule has 0 aliphatic heterocycles. The summed E-state index contributed by atoms with van der Waals surface area (Å²) in [6.07, 6.45) is 4.26. The van der Waals surface area contributed by atoms with Crippen LogP contribution in [0, 0.1) is 0 Å². The molecule has 3 aromatic carbocycles. The highest BCUT2D eigenvalue weighted by Crippen LogP contribution is 2.13. The zero-order valence-electron chi connectivity index (χ0n) is 21.6. The first-order valence-corrected chi connectivity index (χ1v) is 13.0. The van der Waals surface area contributed by atoms with Crippen LogP contribution in [0.1, 0.15) is 35.1 Å². The van der Waals surface area contributed by atoms with Gasteiger partial charge in [-0.15, -0.1) is 0 Å². The molecule has 0 unspecified atom stereocenters. The van der Waals surface area contributed by atoms with Crippen LogP contribution in [0.5, 0.6) is 11.5 Å². The van der Waals surface area contributed by atoms with Crippen LogP contribution < -0.4 is 22.1 Å². The minimum Gasteiger partial charge on any atom is -0.508 e. The maximum Gasteiger partial charge on any atom is 0.242 e. The summed E-state index contributed by atoms with van der Waals surface area (Å²) in [6, 6.07) is 19.7. The highest BCUT2D eigenvalue weighted by molar-refractivity contribution is 5.90. The molecule has 0 spiro atoms. The number of nitrogens with one attached hydrogen (secondary N) is 2. The third-order valence-corrected chi connectivity index (χ3v) is 6.39. The number of aromatic hydroxyl groups is 2.